The van der Waals surface area contributed by atoms with E-state index in [1.165, 1.54) is 6.07 Å². The van der Waals surface area contributed by atoms with Gasteiger partial charge in [-0.2, -0.15) is 5.26 Å². The lowest BCUT2D eigenvalue weighted by Crippen LogP contribution is -2.17. The van der Waals surface area contributed by atoms with Crippen LogP contribution >= 0.6 is 0 Å². The molecule has 0 aliphatic carbocycles. The zero-order valence-electron chi connectivity index (χ0n) is 11.6. The summed E-state index contributed by atoms with van der Waals surface area (Å²) in [6.07, 6.45) is 5.33. The molecule has 21 heavy (non-hydrogen) atoms. The van der Waals surface area contributed by atoms with Gasteiger partial charge >= 0.3 is 0 Å². The van der Waals surface area contributed by atoms with Gasteiger partial charge in [0.1, 0.15) is 5.69 Å². The average molecular weight is 285 g/mol. The van der Waals surface area contributed by atoms with Crippen LogP contribution in [-0.4, -0.2) is 21.0 Å². The summed E-state index contributed by atoms with van der Waals surface area (Å²) in [5.74, 6) is 0.273. The minimum atomic E-state index is -0.482. The minimum Gasteiger partial charge on any atom is -0.379 e. The molecule has 108 valence electrons. The fourth-order valence-corrected chi connectivity index (χ4v) is 2.01. The second-order valence-electron chi connectivity index (χ2n) is 4.85. The molecule has 1 unspecified atom stereocenters. The van der Waals surface area contributed by atoms with Gasteiger partial charge in [-0.25, -0.2) is 4.98 Å². The number of hydrogen-bond donors (Lipinski definition) is 1. The fourth-order valence-electron chi connectivity index (χ4n) is 2.01. The van der Waals surface area contributed by atoms with Gasteiger partial charge in [-0.3, -0.25) is 10.1 Å². The predicted molar refractivity (Wildman–Crippen MR) is 77.7 cm³/mol. The molecule has 1 aromatic carbocycles. The van der Waals surface area contributed by atoms with Crippen molar-refractivity contribution in [3.8, 4) is 6.07 Å². The summed E-state index contributed by atoms with van der Waals surface area (Å²) in [5, 5.41) is 22.9. The molecular weight excluding hydrogens is 270 g/mol. The Morgan fingerprint density at radius 1 is 1.57 bits per heavy atom. The molecule has 0 amide bonds. The molecule has 0 saturated carbocycles. The minimum absolute atomic E-state index is 0.0797. The molecule has 7 heteroatoms. The number of imidazole rings is 1. The van der Waals surface area contributed by atoms with Crippen LogP contribution in [0, 0.1) is 27.4 Å². The zero-order valence-corrected chi connectivity index (χ0v) is 11.6. The van der Waals surface area contributed by atoms with Crippen molar-refractivity contribution >= 4 is 11.4 Å². The maximum atomic E-state index is 11.0. The van der Waals surface area contributed by atoms with Crippen molar-refractivity contribution in [1.82, 2.24) is 9.55 Å². The van der Waals surface area contributed by atoms with Crippen molar-refractivity contribution in [2.24, 2.45) is 5.92 Å². The van der Waals surface area contributed by atoms with Crippen LogP contribution in [0.1, 0.15) is 12.5 Å². The molecule has 2 rings (SSSR count). The van der Waals surface area contributed by atoms with E-state index in [0.29, 0.717) is 12.2 Å². The first-order valence-corrected chi connectivity index (χ1v) is 6.48. The number of nitriles is 1. The number of nitro groups is 1. The van der Waals surface area contributed by atoms with E-state index in [4.69, 9.17) is 5.26 Å². The number of nitro benzene ring substituents is 1. The van der Waals surface area contributed by atoms with Gasteiger partial charge in [-0.05, 0) is 18.1 Å². The summed E-state index contributed by atoms with van der Waals surface area (Å²) in [6, 6.07) is 6.32. The summed E-state index contributed by atoms with van der Waals surface area (Å²) in [4.78, 5) is 14.5. The highest BCUT2D eigenvalue weighted by Gasteiger charge is 2.15. The quantitative estimate of drug-likeness (QED) is 0.649. The number of hydrogen-bond acceptors (Lipinski definition) is 5. The summed E-state index contributed by atoms with van der Waals surface area (Å²) in [6.45, 7) is 3.41. The van der Waals surface area contributed by atoms with Gasteiger partial charge in [-0.15, -0.1) is 0 Å². The van der Waals surface area contributed by atoms with Crippen LogP contribution in [0.5, 0.6) is 0 Å². The van der Waals surface area contributed by atoms with E-state index in [0.717, 1.165) is 6.54 Å². The Labute approximate surface area is 122 Å². The van der Waals surface area contributed by atoms with Crippen LogP contribution in [0.2, 0.25) is 0 Å². The number of benzene rings is 1. The smallest absolute Gasteiger partial charge is 0.293 e. The molecule has 1 aromatic heterocycles. The van der Waals surface area contributed by atoms with Gasteiger partial charge in [-0.1, -0.05) is 6.92 Å². The molecular formula is C14H15N5O2. The van der Waals surface area contributed by atoms with E-state index in [2.05, 4.69) is 10.3 Å². The number of anilines is 1. The molecule has 0 radical (unpaired) electrons. The third-order valence-electron chi connectivity index (χ3n) is 3.05. The summed E-state index contributed by atoms with van der Waals surface area (Å²) < 4.78 is 1.96. The molecule has 2 aromatic rings. The molecule has 0 saturated heterocycles. The van der Waals surface area contributed by atoms with Gasteiger partial charge < -0.3 is 9.88 Å². The topological polar surface area (TPSA) is 96.8 Å². The van der Waals surface area contributed by atoms with Crippen LogP contribution in [0.3, 0.4) is 0 Å². The highest BCUT2D eigenvalue weighted by atomic mass is 16.6. The van der Waals surface area contributed by atoms with Crippen LogP contribution in [-0.2, 0) is 6.54 Å². The first kappa shape index (κ1) is 14.5. The Morgan fingerprint density at radius 2 is 2.38 bits per heavy atom. The second kappa shape index (κ2) is 6.52. The SMILES string of the molecule is CC(CNc1ccc(C#N)cc1[N+](=O)[O-])Cn1ccnc1. The van der Waals surface area contributed by atoms with Gasteiger partial charge in [0.25, 0.3) is 5.69 Å². The maximum absolute atomic E-state index is 11.0. The van der Waals surface area contributed by atoms with Crippen LogP contribution in [0.25, 0.3) is 0 Å². The van der Waals surface area contributed by atoms with Gasteiger partial charge in [0.15, 0.2) is 0 Å². The molecule has 0 fully saturated rings. The molecule has 7 nitrogen and oxygen atoms in total. The van der Waals surface area contributed by atoms with Crippen molar-refractivity contribution in [2.75, 3.05) is 11.9 Å². The summed E-state index contributed by atoms with van der Waals surface area (Å²) in [7, 11) is 0. The van der Waals surface area contributed by atoms with Crippen molar-refractivity contribution in [2.45, 2.75) is 13.5 Å². The van der Waals surface area contributed by atoms with Crippen molar-refractivity contribution < 1.29 is 4.92 Å². The van der Waals surface area contributed by atoms with Crippen LogP contribution in [0.15, 0.2) is 36.9 Å². The molecule has 0 aliphatic rings. The lowest BCUT2D eigenvalue weighted by Gasteiger charge is -2.14. The number of aromatic nitrogens is 2. The Hall–Kier alpha value is -2.88. The largest absolute Gasteiger partial charge is 0.379 e. The normalized spacial score (nSPS) is 11.6. The van der Waals surface area contributed by atoms with Gasteiger partial charge in [0.05, 0.1) is 22.9 Å². The standard InChI is InChI=1S/C14H15N5O2/c1-11(9-18-5-4-16-10-18)8-17-13-3-2-12(7-15)6-14(13)19(20)21/h2-6,10-11,17H,8-9H2,1H3. The van der Waals surface area contributed by atoms with E-state index in [-0.39, 0.29) is 17.2 Å². The van der Waals surface area contributed by atoms with Crippen molar-refractivity contribution in [3.63, 3.8) is 0 Å². The summed E-state index contributed by atoms with van der Waals surface area (Å²) in [5.41, 5.74) is 0.624. The second-order valence-corrected chi connectivity index (χ2v) is 4.85. The number of nitrogens with one attached hydrogen (secondary N) is 1. The molecule has 1 heterocycles. The Bertz CT molecular complexity index is 660. The van der Waals surface area contributed by atoms with Gasteiger partial charge in [0.2, 0.25) is 0 Å². The average Bonchev–Trinajstić information content (AvgIpc) is 2.97. The Morgan fingerprint density at radius 3 is 3.00 bits per heavy atom. The third-order valence-corrected chi connectivity index (χ3v) is 3.05. The van der Waals surface area contributed by atoms with E-state index in [1.54, 1.807) is 24.7 Å². The Balaban J connectivity index is 2.02. The first-order chi connectivity index (χ1) is 10.1. The molecule has 0 aliphatic heterocycles. The highest BCUT2D eigenvalue weighted by molar-refractivity contribution is 5.64. The van der Waals surface area contributed by atoms with Crippen LogP contribution in [0.4, 0.5) is 11.4 Å². The van der Waals surface area contributed by atoms with E-state index >= 15 is 0 Å². The Kier molecular flexibility index (Phi) is 4.51. The third kappa shape index (κ3) is 3.79. The van der Waals surface area contributed by atoms with Crippen LogP contribution < -0.4 is 5.32 Å². The van der Waals surface area contributed by atoms with E-state index < -0.39 is 4.92 Å². The predicted octanol–water partition coefficient (Wildman–Crippen LogP) is 2.41. The maximum Gasteiger partial charge on any atom is 0.293 e. The van der Waals surface area contributed by atoms with Gasteiger partial charge in [0, 0.05) is 31.5 Å². The number of rotatable bonds is 6. The lowest BCUT2D eigenvalue weighted by atomic mass is 10.1. The first-order valence-electron chi connectivity index (χ1n) is 6.48. The molecule has 1 N–H and O–H groups in total. The van der Waals surface area contributed by atoms with E-state index in [1.807, 2.05) is 23.8 Å². The fraction of sp³-hybridized carbons (Fsp3) is 0.286. The lowest BCUT2D eigenvalue weighted by molar-refractivity contribution is -0.384. The summed E-state index contributed by atoms with van der Waals surface area (Å²) >= 11 is 0. The monoisotopic (exact) mass is 285 g/mol. The molecule has 0 bridgehead atoms. The molecule has 1 atom stereocenters. The number of nitrogens with zero attached hydrogens (tertiary/aromatic N) is 4. The van der Waals surface area contributed by atoms with Crippen molar-refractivity contribution in [1.29, 1.82) is 5.26 Å². The van der Waals surface area contributed by atoms with Crippen molar-refractivity contribution in [3.05, 3.63) is 52.6 Å². The highest BCUT2D eigenvalue weighted by Crippen LogP contribution is 2.25. The molecule has 0 spiro atoms. The zero-order chi connectivity index (χ0) is 15.2. The van der Waals surface area contributed by atoms with E-state index in [9.17, 15) is 10.1 Å².